The van der Waals surface area contributed by atoms with Crippen molar-refractivity contribution in [3.8, 4) is 0 Å². The molecular formula is C16H27NO7. The number of esters is 2. The molecular weight excluding hydrogens is 318 g/mol. The number of nitrogens with one attached hydrogen (secondary N) is 1. The van der Waals surface area contributed by atoms with Gasteiger partial charge >= 0.3 is 18.0 Å². The molecule has 0 aromatic carbocycles. The third-order valence-electron chi connectivity index (χ3n) is 2.46. The van der Waals surface area contributed by atoms with Gasteiger partial charge in [-0.1, -0.05) is 0 Å². The summed E-state index contributed by atoms with van der Waals surface area (Å²) in [7, 11) is 0. The Morgan fingerprint density at radius 1 is 0.875 bits per heavy atom. The van der Waals surface area contributed by atoms with E-state index in [9.17, 15) is 19.2 Å². The minimum Gasteiger partial charge on any atom is -0.444 e. The van der Waals surface area contributed by atoms with Crippen LogP contribution in [0.2, 0.25) is 0 Å². The van der Waals surface area contributed by atoms with Crippen molar-refractivity contribution in [2.75, 3.05) is 13.3 Å². The number of carbonyl (C=O) groups excluding carboxylic acids is 4. The van der Waals surface area contributed by atoms with Gasteiger partial charge in [0.2, 0.25) is 6.79 Å². The van der Waals surface area contributed by atoms with Gasteiger partial charge in [-0.15, -0.1) is 0 Å². The summed E-state index contributed by atoms with van der Waals surface area (Å²) in [5, 5.41) is 2.31. The van der Waals surface area contributed by atoms with Crippen molar-refractivity contribution in [3.63, 3.8) is 0 Å². The number of amides is 1. The standard InChI is InChI=1S/C16H27NO7/c1-15(2,3)13(20)23-10-22-12(19)8-7-11(18)9-17-14(21)24-16(4,5)6/h7-10H2,1-6H3,(H,17,21). The van der Waals surface area contributed by atoms with E-state index in [1.165, 1.54) is 0 Å². The summed E-state index contributed by atoms with van der Waals surface area (Å²) in [6.07, 6.45) is -0.962. The molecule has 0 bridgehead atoms. The largest absolute Gasteiger partial charge is 0.444 e. The highest BCUT2D eigenvalue weighted by atomic mass is 16.7. The second kappa shape index (κ2) is 9.24. The Morgan fingerprint density at radius 2 is 1.46 bits per heavy atom. The van der Waals surface area contributed by atoms with Gasteiger partial charge in [-0.2, -0.15) is 0 Å². The fraction of sp³-hybridized carbons (Fsp3) is 0.750. The van der Waals surface area contributed by atoms with Crippen LogP contribution < -0.4 is 5.32 Å². The molecule has 24 heavy (non-hydrogen) atoms. The summed E-state index contributed by atoms with van der Waals surface area (Å²) >= 11 is 0. The molecule has 138 valence electrons. The van der Waals surface area contributed by atoms with Gasteiger partial charge in [0.15, 0.2) is 5.78 Å². The summed E-state index contributed by atoms with van der Waals surface area (Å²) in [4.78, 5) is 45.8. The van der Waals surface area contributed by atoms with Crippen molar-refractivity contribution in [1.29, 1.82) is 0 Å². The lowest BCUT2D eigenvalue weighted by atomic mass is 9.98. The van der Waals surface area contributed by atoms with Crippen LogP contribution in [0, 0.1) is 5.41 Å². The minimum atomic E-state index is -0.701. The van der Waals surface area contributed by atoms with Crippen LogP contribution in [0.5, 0.6) is 0 Å². The van der Waals surface area contributed by atoms with E-state index in [1.54, 1.807) is 41.5 Å². The van der Waals surface area contributed by atoms with Crippen LogP contribution in [0.15, 0.2) is 0 Å². The van der Waals surface area contributed by atoms with Crippen molar-refractivity contribution in [2.24, 2.45) is 5.41 Å². The first kappa shape index (κ1) is 21.9. The van der Waals surface area contributed by atoms with E-state index >= 15 is 0 Å². The molecule has 0 atom stereocenters. The number of carbonyl (C=O) groups is 4. The van der Waals surface area contributed by atoms with Crippen molar-refractivity contribution in [2.45, 2.75) is 60.0 Å². The van der Waals surface area contributed by atoms with Crippen molar-refractivity contribution >= 4 is 23.8 Å². The van der Waals surface area contributed by atoms with Crippen LogP contribution in [-0.2, 0) is 28.6 Å². The van der Waals surface area contributed by atoms with E-state index in [0.717, 1.165) is 0 Å². The lowest BCUT2D eigenvalue weighted by Crippen LogP contribution is -2.35. The Bertz CT molecular complexity index is 472. The topological polar surface area (TPSA) is 108 Å². The number of hydrogen-bond acceptors (Lipinski definition) is 7. The van der Waals surface area contributed by atoms with E-state index in [2.05, 4.69) is 5.32 Å². The van der Waals surface area contributed by atoms with Crippen molar-refractivity contribution < 1.29 is 33.4 Å². The van der Waals surface area contributed by atoms with Gasteiger partial charge in [-0.3, -0.25) is 14.4 Å². The van der Waals surface area contributed by atoms with Crippen molar-refractivity contribution in [1.82, 2.24) is 5.32 Å². The summed E-state index contributed by atoms with van der Waals surface area (Å²) in [6, 6.07) is 0. The zero-order chi connectivity index (χ0) is 19.0. The highest BCUT2D eigenvalue weighted by Gasteiger charge is 2.23. The maximum atomic E-state index is 11.6. The monoisotopic (exact) mass is 345 g/mol. The Morgan fingerprint density at radius 3 is 1.96 bits per heavy atom. The first-order valence-corrected chi connectivity index (χ1v) is 7.62. The minimum absolute atomic E-state index is 0.0954. The molecule has 0 aliphatic heterocycles. The Balaban J connectivity index is 3.89. The van der Waals surface area contributed by atoms with Crippen LogP contribution >= 0.6 is 0 Å². The molecule has 1 amide bonds. The molecule has 0 unspecified atom stereocenters. The molecule has 0 saturated heterocycles. The highest BCUT2D eigenvalue weighted by molar-refractivity contribution is 5.86. The lowest BCUT2D eigenvalue weighted by molar-refractivity contribution is -0.173. The van der Waals surface area contributed by atoms with E-state index in [-0.39, 0.29) is 25.2 Å². The quantitative estimate of drug-likeness (QED) is 0.555. The highest BCUT2D eigenvalue weighted by Crippen LogP contribution is 2.14. The molecule has 8 nitrogen and oxygen atoms in total. The van der Waals surface area contributed by atoms with E-state index < -0.39 is 35.8 Å². The van der Waals surface area contributed by atoms with Gasteiger partial charge in [0, 0.05) is 6.42 Å². The Hall–Kier alpha value is -2.12. The zero-order valence-electron chi connectivity index (χ0n) is 15.2. The second-order valence-electron chi connectivity index (χ2n) is 7.21. The molecule has 0 aromatic heterocycles. The number of alkyl carbamates (subject to hydrolysis) is 1. The van der Waals surface area contributed by atoms with E-state index in [4.69, 9.17) is 14.2 Å². The third kappa shape index (κ3) is 11.4. The first-order valence-electron chi connectivity index (χ1n) is 7.62. The molecule has 0 saturated carbocycles. The van der Waals surface area contributed by atoms with Crippen LogP contribution in [0.3, 0.4) is 0 Å². The van der Waals surface area contributed by atoms with Crippen LogP contribution in [0.4, 0.5) is 4.79 Å². The molecule has 0 aliphatic rings. The van der Waals surface area contributed by atoms with Crippen LogP contribution in [0.1, 0.15) is 54.4 Å². The first-order chi connectivity index (χ1) is 10.8. The van der Waals surface area contributed by atoms with Gasteiger partial charge in [0.1, 0.15) is 5.60 Å². The van der Waals surface area contributed by atoms with E-state index in [0.29, 0.717) is 0 Å². The van der Waals surface area contributed by atoms with Gasteiger partial charge < -0.3 is 19.5 Å². The Kier molecular flexibility index (Phi) is 8.43. The molecule has 0 fully saturated rings. The predicted molar refractivity (Wildman–Crippen MR) is 85.0 cm³/mol. The maximum Gasteiger partial charge on any atom is 0.408 e. The summed E-state index contributed by atoms with van der Waals surface area (Å²) < 4.78 is 14.4. The molecule has 0 radical (unpaired) electrons. The fourth-order valence-corrected chi connectivity index (χ4v) is 1.25. The zero-order valence-corrected chi connectivity index (χ0v) is 15.2. The van der Waals surface area contributed by atoms with E-state index in [1.807, 2.05) is 0 Å². The normalized spacial score (nSPS) is 11.4. The number of ether oxygens (including phenoxy) is 3. The molecule has 0 rings (SSSR count). The maximum absolute atomic E-state index is 11.6. The molecule has 1 N–H and O–H groups in total. The summed E-state index contributed by atoms with van der Waals surface area (Å²) in [5.41, 5.74) is -1.34. The molecule has 0 spiro atoms. The second-order valence-corrected chi connectivity index (χ2v) is 7.21. The number of rotatable bonds is 7. The van der Waals surface area contributed by atoms with Gasteiger partial charge in [-0.25, -0.2) is 4.79 Å². The number of ketones is 1. The van der Waals surface area contributed by atoms with Crippen LogP contribution in [-0.4, -0.2) is 42.8 Å². The molecule has 0 heterocycles. The average Bonchev–Trinajstić information content (AvgIpc) is 2.39. The molecule has 8 heteroatoms. The smallest absolute Gasteiger partial charge is 0.408 e. The van der Waals surface area contributed by atoms with Crippen molar-refractivity contribution in [3.05, 3.63) is 0 Å². The molecule has 0 aromatic rings. The average molecular weight is 345 g/mol. The third-order valence-corrected chi connectivity index (χ3v) is 2.46. The Labute approximate surface area is 142 Å². The van der Waals surface area contributed by atoms with Crippen LogP contribution in [0.25, 0.3) is 0 Å². The number of Topliss-reactive ketones (excluding diaryl/α,β-unsaturated/α-hetero) is 1. The summed E-state index contributed by atoms with van der Waals surface area (Å²) in [5.74, 6) is -1.50. The predicted octanol–water partition coefficient (Wildman–Crippen LogP) is 1.95. The van der Waals surface area contributed by atoms with Gasteiger partial charge in [0.25, 0.3) is 0 Å². The summed E-state index contributed by atoms with van der Waals surface area (Å²) in [6.45, 7) is 9.42. The lowest BCUT2D eigenvalue weighted by Gasteiger charge is -2.19. The number of hydrogen-bond donors (Lipinski definition) is 1. The molecule has 0 aliphatic carbocycles. The van der Waals surface area contributed by atoms with Gasteiger partial charge in [0.05, 0.1) is 18.4 Å². The van der Waals surface area contributed by atoms with Gasteiger partial charge in [-0.05, 0) is 41.5 Å². The fourth-order valence-electron chi connectivity index (χ4n) is 1.25. The SMILES string of the molecule is CC(C)(C)OC(=O)NCC(=O)CCC(=O)OCOC(=O)C(C)(C)C.